The maximum absolute atomic E-state index is 14.2. The smallest absolute Gasteiger partial charge is 0.352 e. The minimum atomic E-state index is -3.70. The Morgan fingerprint density at radius 2 is 2.00 bits per heavy atom. The predicted molar refractivity (Wildman–Crippen MR) is 81.8 cm³/mol. The number of rotatable bonds is 4. The van der Waals surface area contributed by atoms with Crippen molar-refractivity contribution in [1.29, 1.82) is 0 Å². The molecule has 1 saturated carbocycles. The van der Waals surface area contributed by atoms with Gasteiger partial charge in [0.25, 0.3) is 5.91 Å². The van der Waals surface area contributed by atoms with Crippen molar-refractivity contribution >= 4 is 22.6 Å². The summed E-state index contributed by atoms with van der Waals surface area (Å²) in [7, 11) is 0. The Hall–Kier alpha value is -1.35. The standard InChI is InChI=1S/C14H20F2N4O2S/c1-2-10-17-12(23-18-10)20-8-6-19(7-9-20)11(21)14(15,16)13(22)4-3-5-13/h22H,2-9H2,1H3. The fourth-order valence-electron chi connectivity index (χ4n) is 2.84. The van der Waals surface area contributed by atoms with Crippen LogP contribution in [0.5, 0.6) is 0 Å². The van der Waals surface area contributed by atoms with Crippen LogP contribution in [0.1, 0.15) is 32.0 Å². The summed E-state index contributed by atoms with van der Waals surface area (Å²) in [5, 5.41) is 10.6. The average molecular weight is 346 g/mol. The van der Waals surface area contributed by atoms with Crippen LogP contribution in [-0.4, -0.2) is 63.0 Å². The molecule has 3 rings (SSSR count). The molecule has 1 aliphatic carbocycles. The molecule has 2 aliphatic rings. The monoisotopic (exact) mass is 346 g/mol. The van der Waals surface area contributed by atoms with Gasteiger partial charge in [0.2, 0.25) is 5.13 Å². The van der Waals surface area contributed by atoms with Crippen LogP contribution in [-0.2, 0) is 11.2 Å². The first-order valence-electron chi connectivity index (χ1n) is 7.84. The van der Waals surface area contributed by atoms with Crippen molar-refractivity contribution in [2.24, 2.45) is 0 Å². The molecule has 0 atom stereocenters. The van der Waals surface area contributed by atoms with E-state index in [2.05, 4.69) is 9.36 Å². The second-order valence-electron chi connectivity index (χ2n) is 6.09. The van der Waals surface area contributed by atoms with E-state index in [0.717, 1.165) is 22.3 Å². The summed E-state index contributed by atoms with van der Waals surface area (Å²) in [6.07, 6.45) is 1.25. The molecule has 23 heavy (non-hydrogen) atoms. The zero-order chi connectivity index (χ0) is 16.7. The topological polar surface area (TPSA) is 69.6 Å². The Morgan fingerprint density at radius 3 is 2.48 bits per heavy atom. The number of halogens is 2. The number of hydrogen-bond acceptors (Lipinski definition) is 6. The molecule has 2 fully saturated rings. The van der Waals surface area contributed by atoms with Gasteiger partial charge in [-0.2, -0.15) is 13.2 Å². The number of anilines is 1. The van der Waals surface area contributed by atoms with Crippen LogP contribution in [0.3, 0.4) is 0 Å². The van der Waals surface area contributed by atoms with Crippen molar-refractivity contribution in [1.82, 2.24) is 14.3 Å². The van der Waals surface area contributed by atoms with Crippen LogP contribution in [0.15, 0.2) is 0 Å². The molecular formula is C14H20F2N4O2S. The molecule has 1 N–H and O–H groups in total. The SMILES string of the molecule is CCc1nsc(N2CCN(C(=O)C(F)(F)C3(O)CCC3)CC2)n1. The van der Waals surface area contributed by atoms with Gasteiger partial charge in [-0.15, -0.1) is 0 Å². The van der Waals surface area contributed by atoms with Crippen molar-refractivity contribution < 1.29 is 18.7 Å². The minimum Gasteiger partial charge on any atom is -0.383 e. The highest BCUT2D eigenvalue weighted by Crippen LogP contribution is 2.45. The molecule has 1 aromatic heterocycles. The normalized spacial score (nSPS) is 21.2. The molecule has 9 heteroatoms. The zero-order valence-corrected chi connectivity index (χ0v) is 13.8. The van der Waals surface area contributed by atoms with E-state index in [1.165, 1.54) is 11.5 Å². The molecule has 1 amide bonds. The van der Waals surface area contributed by atoms with Crippen LogP contribution in [0.4, 0.5) is 13.9 Å². The van der Waals surface area contributed by atoms with E-state index in [9.17, 15) is 18.7 Å². The highest BCUT2D eigenvalue weighted by molar-refractivity contribution is 7.09. The maximum Gasteiger partial charge on any atom is 0.352 e. The lowest BCUT2D eigenvalue weighted by Crippen LogP contribution is -2.63. The summed E-state index contributed by atoms with van der Waals surface area (Å²) >= 11 is 1.29. The fraction of sp³-hybridized carbons (Fsp3) is 0.786. The molecule has 1 saturated heterocycles. The van der Waals surface area contributed by atoms with Gasteiger partial charge in [0.15, 0.2) is 0 Å². The van der Waals surface area contributed by atoms with Gasteiger partial charge >= 0.3 is 5.92 Å². The van der Waals surface area contributed by atoms with Crippen LogP contribution in [0.2, 0.25) is 0 Å². The number of hydrogen-bond donors (Lipinski definition) is 1. The van der Waals surface area contributed by atoms with Gasteiger partial charge in [-0.25, -0.2) is 4.98 Å². The summed E-state index contributed by atoms with van der Waals surface area (Å²) in [6.45, 7) is 3.25. The van der Waals surface area contributed by atoms with Gasteiger partial charge in [0.05, 0.1) is 0 Å². The molecule has 2 heterocycles. The molecule has 0 unspecified atom stereocenters. The lowest BCUT2D eigenvalue weighted by atomic mass is 9.75. The van der Waals surface area contributed by atoms with E-state index in [4.69, 9.17) is 0 Å². The number of piperazine rings is 1. The number of aliphatic hydroxyl groups is 1. The van der Waals surface area contributed by atoms with Crippen molar-refractivity contribution in [2.75, 3.05) is 31.1 Å². The third-order valence-corrected chi connectivity index (χ3v) is 5.46. The number of aromatic nitrogens is 2. The van der Waals surface area contributed by atoms with Crippen LogP contribution < -0.4 is 4.90 Å². The second kappa shape index (κ2) is 5.94. The van der Waals surface area contributed by atoms with Crippen LogP contribution in [0, 0.1) is 0 Å². The van der Waals surface area contributed by atoms with Gasteiger partial charge in [-0.1, -0.05) is 6.92 Å². The summed E-state index contributed by atoms with van der Waals surface area (Å²) in [6, 6.07) is 0. The third-order valence-electron chi connectivity index (χ3n) is 4.64. The van der Waals surface area contributed by atoms with Crippen LogP contribution >= 0.6 is 11.5 Å². The molecule has 6 nitrogen and oxygen atoms in total. The largest absolute Gasteiger partial charge is 0.383 e. The fourth-order valence-corrected chi connectivity index (χ4v) is 3.64. The molecule has 1 aromatic rings. The number of alkyl halides is 2. The number of nitrogens with zero attached hydrogens (tertiary/aromatic N) is 4. The molecule has 0 spiro atoms. The Balaban J connectivity index is 1.61. The molecule has 128 valence electrons. The molecule has 0 radical (unpaired) electrons. The van der Waals surface area contributed by atoms with Gasteiger partial charge in [0, 0.05) is 44.1 Å². The Bertz CT molecular complexity index is 583. The van der Waals surface area contributed by atoms with E-state index in [-0.39, 0.29) is 25.9 Å². The lowest BCUT2D eigenvalue weighted by molar-refractivity contribution is -0.223. The summed E-state index contributed by atoms with van der Waals surface area (Å²) in [5.74, 6) is -4.20. The van der Waals surface area contributed by atoms with Crippen molar-refractivity contribution in [3.05, 3.63) is 5.82 Å². The zero-order valence-electron chi connectivity index (χ0n) is 13.0. The number of carbonyl (C=O) groups excluding carboxylic acids is 1. The number of aryl methyl sites for hydroxylation is 1. The van der Waals surface area contributed by atoms with Gasteiger partial charge in [-0.05, 0) is 19.3 Å². The summed E-state index contributed by atoms with van der Waals surface area (Å²) in [5.41, 5.74) is -2.16. The highest BCUT2D eigenvalue weighted by atomic mass is 32.1. The van der Waals surface area contributed by atoms with E-state index in [1.54, 1.807) is 0 Å². The van der Waals surface area contributed by atoms with E-state index in [0.29, 0.717) is 19.5 Å². The highest BCUT2D eigenvalue weighted by Gasteiger charge is 2.62. The molecule has 1 aliphatic heterocycles. The van der Waals surface area contributed by atoms with E-state index in [1.807, 2.05) is 11.8 Å². The minimum absolute atomic E-state index is 0.0176. The summed E-state index contributed by atoms with van der Waals surface area (Å²) < 4.78 is 32.7. The number of carbonyl (C=O) groups is 1. The molecule has 0 bridgehead atoms. The Morgan fingerprint density at radius 1 is 1.35 bits per heavy atom. The molecule has 0 aromatic carbocycles. The summed E-state index contributed by atoms with van der Waals surface area (Å²) in [4.78, 5) is 19.6. The maximum atomic E-state index is 14.2. The van der Waals surface area contributed by atoms with E-state index >= 15 is 0 Å². The van der Waals surface area contributed by atoms with Gasteiger partial charge in [-0.3, -0.25) is 4.79 Å². The van der Waals surface area contributed by atoms with E-state index < -0.39 is 17.4 Å². The van der Waals surface area contributed by atoms with Gasteiger partial charge < -0.3 is 14.9 Å². The van der Waals surface area contributed by atoms with Crippen molar-refractivity contribution in [2.45, 2.75) is 44.1 Å². The first-order chi connectivity index (χ1) is 10.9. The Kier molecular flexibility index (Phi) is 4.26. The third kappa shape index (κ3) is 2.80. The quantitative estimate of drug-likeness (QED) is 0.890. The Labute approximate surface area is 137 Å². The first kappa shape index (κ1) is 16.5. The second-order valence-corrected chi connectivity index (χ2v) is 6.82. The van der Waals surface area contributed by atoms with Crippen LogP contribution in [0.25, 0.3) is 0 Å². The van der Waals surface area contributed by atoms with Crippen molar-refractivity contribution in [3.8, 4) is 0 Å². The predicted octanol–water partition coefficient (Wildman–Crippen LogP) is 1.30. The molecular weight excluding hydrogens is 326 g/mol. The lowest BCUT2D eigenvalue weighted by Gasteiger charge is -2.44. The first-order valence-corrected chi connectivity index (χ1v) is 8.62. The van der Waals surface area contributed by atoms with Gasteiger partial charge in [0.1, 0.15) is 11.4 Å². The number of amides is 1. The van der Waals surface area contributed by atoms with Crippen molar-refractivity contribution in [3.63, 3.8) is 0 Å². The average Bonchev–Trinajstić information content (AvgIpc) is 3.01.